The Kier molecular flexibility index (Phi) is 5.43. The standard InChI is InChI=1S/C8H13FO2/c1-3-5-6-7(9)8(10)11-4-2/h3,5,7H,4,6H2,1-2H3/b5-3+. The number of carbonyl (C=O) groups excluding carboxylic acids is 1. The number of esters is 1. The van der Waals surface area contributed by atoms with E-state index in [1.165, 1.54) is 0 Å². The molecule has 0 fully saturated rings. The summed E-state index contributed by atoms with van der Waals surface area (Å²) in [5.74, 6) is -0.773. The summed E-state index contributed by atoms with van der Waals surface area (Å²) in [6, 6.07) is 0. The fraction of sp³-hybridized carbons (Fsp3) is 0.625. The largest absolute Gasteiger partial charge is 0.464 e. The number of allylic oxidation sites excluding steroid dienone is 2. The molecule has 11 heavy (non-hydrogen) atoms. The molecule has 0 amide bonds. The molecular formula is C8H13FO2. The van der Waals surface area contributed by atoms with Crippen LogP contribution in [0.15, 0.2) is 12.2 Å². The summed E-state index contributed by atoms with van der Waals surface area (Å²) in [7, 11) is 0. The molecule has 0 aliphatic rings. The van der Waals surface area contributed by atoms with E-state index >= 15 is 0 Å². The molecule has 0 radical (unpaired) electrons. The molecule has 0 aliphatic carbocycles. The van der Waals surface area contributed by atoms with Crippen LogP contribution in [0.2, 0.25) is 0 Å². The van der Waals surface area contributed by atoms with Crippen LogP contribution in [0, 0.1) is 0 Å². The highest BCUT2D eigenvalue weighted by Crippen LogP contribution is 2.01. The maximum Gasteiger partial charge on any atom is 0.341 e. The third-order valence-corrected chi connectivity index (χ3v) is 1.12. The first-order chi connectivity index (χ1) is 5.22. The van der Waals surface area contributed by atoms with Gasteiger partial charge in [0.15, 0.2) is 0 Å². The van der Waals surface area contributed by atoms with Gasteiger partial charge in [-0.3, -0.25) is 0 Å². The fourth-order valence-electron chi connectivity index (χ4n) is 0.584. The Bertz CT molecular complexity index is 143. The quantitative estimate of drug-likeness (QED) is 0.463. The van der Waals surface area contributed by atoms with Crippen molar-refractivity contribution in [3.8, 4) is 0 Å². The number of hydrogen-bond donors (Lipinski definition) is 0. The van der Waals surface area contributed by atoms with Gasteiger partial charge >= 0.3 is 5.97 Å². The molecule has 0 rings (SSSR count). The Morgan fingerprint density at radius 2 is 2.36 bits per heavy atom. The third-order valence-electron chi connectivity index (χ3n) is 1.12. The molecule has 1 unspecified atom stereocenters. The molecule has 0 spiro atoms. The SMILES string of the molecule is C/C=C/CC(F)C(=O)OCC. The zero-order chi connectivity index (χ0) is 8.69. The van der Waals surface area contributed by atoms with Crippen LogP contribution in [-0.2, 0) is 9.53 Å². The molecule has 0 heterocycles. The van der Waals surface area contributed by atoms with Gasteiger partial charge in [0.25, 0.3) is 0 Å². The van der Waals surface area contributed by atoms with Crippen LogP contribution in [0.1, 0.15) is 20.3 Å². The van der Waals surface area contributed by atoms with Crippen molar-refractivity contribution in [1.82, 2.24) is 0 Å². The number of alkyl halides is 1. The van der Waals surface area contributed by atoms with Gasteiger partial charge in [0.2, 0.25) is 6.17 Å². The lowest BCUT2D eigenvalue weighted by molar-refractivity contribution is -0.148. The lowest BCUT2D eigenvalue weighted by atomic mass is 10.2. The predicted octanol–water partition coefficient (Wildman–Crippen LogP) is 1.85. The van der Waals surface area contributed by atoms with E-state index < -0.39 is 12.1 Å². The highest BCUT2D eigenvalue weighted by Gasteiger charge is 2.15. The molecule has 0 aliphatic heterocycles. The number of carbonyl (C=O) groups is 1. The van der Waals surface area contributed by atoms with E-state index in [2.05, 4.69) is 4.74 Å². The van der Waals surface area contributed by atoms with Crippen molar-refractivity contribution < 1.29 is 13.9 Å². The fourth-order valence-corrected chi connectivity index (χ4v) is 0.584. The van der Waals surface area contributed by atoms with Crippen molar-refractivity contribution in [2.75, 3.05) is 6.61 Å². The summed E-state index contributed by atoms with van der Waals surface area (Å²) >= 11 is 0. The summed E-state index contributed by atoms with van der Waals surface area (Å²) in [6.45, 7) is 3.66. The number of halogens is 1. The summed E-state index contributed by atoms with van der Waals surface area (Å²) in [4.78, 5) is 10.6. The van der Waals surface area contributed by atoms with Crippen LogP contribution >= 0.6 is 0 Å². The molecule has 2 nitrogen and oxygen atoms in total. The minimum Gasteiger partial charge on any atom is -0.464 e. The van der Waals surface area contributed by atoms with Crippen LogP contribution < -0.4 is 0 Å². The average Bonchev–Trinajstić information content (AvgIpc) is 2.00. The molecule has 0 bridgehead atoms. The Morgan fingerprint density at radius 3 is 2.82 bits per heavy atom. The first-order valence-electron chi connectivity index (χ1n) is 3.64. The van der Waals surface area contributed by atoms with Gasteiger partial charge in [-0.25, -0.2) is 9.18 Å². The number of hydrogen-bond acceptors (Lipinski definition) is 2. The minimum atomic E-state index is -1.51. The van der Waals surface area contributed by atoms with Gasteiger partial charge in [-0.2, -0.15) is 0 Å². The van der Waals surface area contributed by atoms with Crippen LogP contribution in [0.25, 0.3) is 0 Å². The van der Waals surface area contributed by atoms with Crippen molar-refractivity contribution >= 4 is 5.97 Å². The summed E-state index contributed by atoms with van der Waals surface area (Å²) in [5, 5.41) is 0. The van der Waals surface area contributed by atoms with Gasteiger partial charge in [0, 0.05) is 6.42 Å². The second-order valence-electron chi connectivity index (χ2n) is 2.02. The van der Waals surface area contributed by atoms with E-state index in [4.69, 9.17) is 0 Å². The first kappa shape index (κ1) is 10.1. The van der Waals surface area contributed by atoms with Crippen molar-refractivity contribution in [3.05, 3.63) is 12.2 Å². The van der Waals surface area contributed by atoms with E-state index in [9.17, 15) is 9.18 Å². The molecule has 0 saturated carbocycles. The minimum absolute atomic E-state index is 0.106. The lowest BCUT2D eigenvalue weighted by Gasteiger charge is -2.03. The van der Waals surface area contributed by atoms with Gasteiger partial charge < -0.3 is 4.74 Å². The second kappa shape index (κ2) is 5.89. The van der Waals surface area contributed by atoms with Crippen molar-refractivity contribution in [1.29, 1.82) is 0 Å². The smallest absolute Gasteiger partial charge is 0.341 e. The molecule has 0 aromatic carbocycles. The van der Waals surface area contributed by atoms with Crippen LogP contribution in [-0.4, -0.2) is 18.7 Å². The molecular weight excluding hydrogens is 147 g/mol. The Balaban J connectivity index is 3.63. The van der Waals surface area contributed by atoms with E-state index in [-0.39, 0.29) is 13.0 Å². The Hall–Kier alpha value is -0.860. The normalized spacial score (nSPS) is 13.4. The summed E-state index contributed by atoms with van der Waals surface area (Å²) in [6.07, 6.45) is 1.90. The monoisotopic (exact) mass is 160 g/mol. The van der Waals surface area contributed by atoms with Crippen LogP contribution in [0.3, 0.4) is 0 Å². The summed E-state index contributed by atoms with van der Waals surface area (Å²) in [5.41, 5.74) is 0. The Morgan fingerprint density at radius 1 is 1.73 bits per heavy atom. The molecule has 0 N–H and O–H groups in total. The Labute approximate surface area is 66.0 Å². The van der Waals surface area contributed by atoms with Crippen molar-refractivity contribution in [2.24, 2.45) is 0 Å². The van der Waals surface area contributed by atoms with Gasteiger partial charge in [0.1, 0.15) is 0 Å². The van der Waals surface area contributed by atoms with Crippen molar-refractivity contribution in [2.45, 2.75) is 26.4 Å². The number of ether oxygens (including phenoxy) is 1. The molecule has 0 aromatic rings. The van der Waals surface area contributed by atoms with Gasteiger partial charge in [-0.15, -0.1) is 0 Å². The highest BCUT2D eigenvalue weighted by molar-refractivity contribution is 5.74. The third kappa shape index (κ3) is 4.53. The van der Waals surface area contributed by atoms with Gasteiger partial charge in [-0.05, 0) is 13.8 Å². The first-order valence-corrected chi connectivity index (χ1v) is 3.64. The van der Waals surface area contributed by atoms with E-state index in [0.717, 1.165) is 0 Å². The average molecular weight is 160 g/mol. The lowest BCUT2D eigenvalue weighted by Crippen LogP contribution is -2.17. The van der Waals surface area contributed by atoms with Gasteiger partial charge in [-0.1, -0.05) is 12.2 Å². The molecule has 64 valence electrons. The van der Waals surface area contributed by atoms with Crippen molar-refractivity contribution in [3.63, 3.8) is 0 Å². The predicted molar refractivity (Wildman–Crippen MR) is 41.0 cm³/mol. The van der Waals surface area contributed by atoms with Gasteiger partial charge in [0.05, 0.1) is 6.61 Å². The summed E-state index contributed by atoms with van der Waals surface area (Å²) < 4.78 is 17.1. The molecule has 1 atom stereocenters. The topological polar surface area (TPSA) is 26.3 Å². The van der Waals surface area contributed by atoms with Crippen LogP contribution in [0.4, 0.5) is 4.39 Å². The molecule has 0 aromatic heterocycles. The maximum absolute atomic E-state index is 12.6. The number of rotatable bonds is 4. The van der Waals surface area contributed by atoms with E-state index in [0.29, 0.717) is 0 Å². The highest BCUT2D eigenvalue weighted by atomic mass is 19.1. The van der Waals surface area contributed by atoms with E-state index in [1.54, 1.807) is 26.0 Å². The zero-order valence-electron chi connectivity index (χ0n) is 6.84. The zero-order valence-corrected chi connectivity index (χ0v) is 6.84. The maximum atomic E-state index is 12.6. The van der Waals surface area contributed by atoms with Crippen LogP contribution in [0.5, 0.6) is 0 Å². The van der Waals surface area contributed by atoms with E-state index in [1.807, 2.05) is 0 Å². The molecule has 0 saturated heterocycles. The molecule has 3 heteroatoms. The second-order valence-corrected chi connectivity index (χ2v) is 2.02.